The van der Waals surface area contributed by atoms with Gasteiger partial charge in [-0.2, -0.15) is 0 Å². The fraction of sp³-hybridized carbons (Fsp3) is 0.533. The number of amides is 1. The Morgan fingerprint density at radius 1 is 1.47 bits per heavy atom. The van der Waals surface area contributed by atoms with E-state index in [1.165, 1.54) is 6.42 Å². The molecule has 1 aliphatic heterocycles. The predicted octanol–water partition coefficient (Wildman–Crippen LogP) is 3.89. The number of carbonyl (C=O) groups excluding carboxylic acids is 1. The van der Waals surface area contributed by atoms with Crippen molar-refractivity contribution in [3.05, 3.63) is 29.8 Å². The number of rotatable bonds is 4. The molecule has 1 atom stereocenters. The van der Waals surface area contributed by atoms with Gasteiger partial charge in [0.25, 0.3) is 5.91 Å². The van der Waals surface area contributed by atoms with Gasteiger partial charge in [0, 0.05) is 23.9 Å². The van der Waals surface area contributed by atoms with Crippen LogP contribution in [0.3, 0.4) is 0 Å². The highest BCUT2D eigenvalue weighted by Gasteiger charge is 2.25. The molecule has 0 radical (unpaired) electrons. The topological polar surface area (TPSA) is 20.3 Å². The molecule has 2 rings (SSSR count). The summed E-state index contributed by atoms with van der Waals surface area (Å²) in [6.07, 6.45) is 5.31. The second-order valence-electron chi connectivity index (χ2n) is 4.94. The van der Waals surface area contributed by atoms with E-state index in [1.807, 2.05) is 35.4 Å². The van der Waals surface area contributed by atoms with Crippen molar-refractivity contribution in [3.8, 4) is 0 Å². The largest absolute Gasteiger partial charge is 0.338 e. The number of carbonyl (C=O) groups is 1. The van der Waals surface area contributed by atoms with Gasteiger partial charge < -0.3 is 4.90 Å². The second kappa shape index (κ2) is 7.20. The summed E-state index contributed by atoms with van der Waals surface area (Å²) in [5, 5.41) is 0. The van der Waals surface area contributed by atoms with E-state index in [-0.39, 0.29) is 5.91 Å². The number of hydrogen-bond donors (Lipinski definition) is 0. The number of halogens is 1. The van der Waals surface area contributed by atoms with Crippen LogP contribution in [0, 0.1) is 5.92 Å². The molecule has 104 valence electrons. The third kappa shape index (κ3) is 3.67. The van der Waals surface area contributed by atoms with Crippen LogP contribution in [0.25, 0.3) is 0 Å². The minimum atomic E-state index is 0.171. The SMILES string of the molecule is CSc1ccccc1C(=O)N1CCCC(CCCl)C1. The van der Waals surface area contributed by atoms with Crippen LogP contribution in [0.15, 0.2) is 29.2 Å². The first-order valence-corrected chi connectivity index (χ1v) is 8.50. The van der Waals surface area contributed by atoms with Crippen molar-refractivity contribution in [1.29, 1.82) is 0 Å². The minimum Gasteiger partial charge on any atom is -0.338 e. The highest BCUT2D eigenvalue weighted by molar-refractivity contribution is 7.98. The van der Waals surface area contributed by atoms with Crippen molar-refractivity contribution in [3.63, 3.8) is 0 Å². The van der Waals surface area contributed by atoms with Crippen molar-refractivity contribution in [2.24, 2.45) is 5.92 Å². The van der Waals surface area contributed by atoms with E-state index in [0.717, 1.165) is 36.4 Å². The lowest BCUT2D eigenvalue weighted by Gasteiger charge is -2.33. The average molecular weight is 298 g/mol. The first-order valence-electron chi connectivity index (χ1n) is 6.74. The monoisotopic (exact) mass is 297 g/mol. The molecule has 1 saturated heterocycles. The number of likely N-dealkylation sites (tertiary alicyclic amines) is 1. The van der Waals surface area contributed by atoms with Crippen LogP contribution < -0.4 is 0 Å². The van der Waals surface area contributed by atoms with E-state index >= 15 is 0 Å². The molecule has 19 heavy (non-hydrogen) atoms. The van der Waals surface area contributed by atoms with Crippen LogP contribution in [0.4, 0.5) is 0 Å². The number of thioether (sulfide) groups is 1. The standard InChI is InChI=1S/C15H20ClNOS/c1-19-14-7-3-2-6-13(14)15(18)17-10-4-5-12(11-17)8-9-16/h2-3,6-7,12H,4-5,8-11H2,1H3. The fourth-order valence-electron chi connectivity index (χ4n) is 2.63. The Morgan fingerprint density at radius 3 is 3.00 bits per heavy atom. The number of piperidine rings is 1. The van der Waals surface area contributed by atoms with Crippen LogP contribution >= 0.6 is 23.4 Å². The Morgan fingerprint density at radius 2 is 2.26 bits per heavy atom. The van der Waals surface area contributed by atoms with Gasteiger partial charge in [-0.15, -0.1) is 23.4 Å². The molecule has 4 heteroatoms. The van der Waals surface area contributed by atoms with Gasteiger partial charge in [0.2, 0.25) is 0 Å². The molecular weight excluding hydrogens is 278 g/mol. The second-order valence-corrected chi connectivity index (χ2v) is 6.16. The molecule has 0 aromatic heterocycles. The van der Waals surface area contributed by atoms with Gasteiger partial charge in [0.05, 0.1) is 5.56 Å². The summed E-state index contributed by atoms with van der Waals surface area (Å²) in [4.78, 5) is 15.7. The maximum atomic E-state index is 12.6. The summed E-state index contributed by atoms with van der Waals surface area (Å²) in [5.41, 5.74) is 0.835. The quantitative estimate of drug-likeness (QED) is 0.621. The molecule has 0 saturated carbocycles. The Kier molecular flexibility index (Phi) is 5.59. The zero-order chi connectivity index (χ0) is 13.7. The summed E-state index contributed by atoms with van der Waals surface area (Å²) in [6, 6.07) is 7.86. The maximum absolute atomic E-state index is 12.6. The first-order chi connectivity index (χ1) is 9.26. The Bertz CT molecular complexity index is 436. The van der Waals surface area contributed by atoms with E-state index in [1.54, 1.807) is 11.8 Å². The molecular formula is C15H20ClNOS. The summed E-state index contributed by atoms with van der Waals surface area (Å²) in [5.74, 6) is 1.43. The molecule has 0 spiro atoms. The Labute approximate surface area is 124 Å². The molecule has 1 amide bonds. The third-order valence-corrected chi connectivity index (χ3v) is 4.67. The van der Waals surface area contributed by atoms with E-state index in [4.69, 9.17) is 11.6 Å². The number of nitrogens with zero attached hydrogens (tertiary/aromatic N) is 1. The van der Waals surface area contributed by atoms with Gasteiger partial charge >= 0.3 is 0 Å². The van der Waals surface area contributed by atoms with E-state index in [9.17, 15) is 4.79 Å². The molecule has 1 aromatic carbocycles. The molecule has 1 unspecified atom stereocenters. The van der Waals surface area contributed by atoms with Crippen molar-refractivity contribution >= 4 is 29.3 Å². The van der Waals surface area contributed by atoms with Crippen LogP contribution in [0.1, 0.15) is 29.6 Å². The van der Waals surface area contributed by atoms with E-state index in [0.29, 0.717) is 11.8 Å². The summed E-state index contributed by atoms with van der Waals surface area (Å²) in [7, 11) is 0. The highest BCUT2D eigenvalue weighted by atomic mass is 35.5. The van der Waals surface area contributed by atoms with E-state index < -0.39 is 0 Å². The Balaban J connectivity index is 2.10. The van der Waals surface area contributed by atoms with Crippen LogP contribution in [-0.2, 0) is 0 Å². The Hall–Kier alpha value is -0.670. The van der Waals surface area contributed by atoms with Gasteiger partial charge in [-0.1, -0.05) is 12.1 Å². The zero-order valence-electron chi connectivity index (χ0n) is 11.3. The molecule has 2 nitrogen and oxygen atoms in total. The average Bonchev–Trinajstić information content (AvgIpc) is 2.47. The van der Waals surface area contributed by atoms with Gasteiger partial charge in [-0.05, 0) is 43.6 Å². The van der Waals surface area contributed by atoms with Crippen LogP contribution in [-0.4, -0.2) is 36.0 Å². The first kappa shape index (κ1) is 14.7. The normalized spacial score (nSPS) is 19.5. The van der Waals surface area contributed by atoms with E-state index in [2.05, 4.69) is 0 Å². The minimum absolute atomic E-state index is 0.171. The number of hydrogen-bond acceptors (Lipinski definition) is 2. The summed E-state index contributed by atoms with van der Waals surface area (Å²) in [6.45, 7) is 1.73. The third-order valence-electron chi connectivity index (χ3n) is 3.66. The number of benzene rings is 1. The lowest BCUT2D eigenvalue weighted by Crippen LogP contribution is -2.40. The lowest BCUT2D eigenvalue weighted by molar-refractivity contribution is 0.0668. The molecule has 1 fully saturated rings. The smallest absolute Gasteiger partial charge is 0.254 e. The van der Waals surface area contributed by atoms with Crippen molar-refractivity contribution < 1.29 is 4.79 Å². The highest BCUT2D eigenvalue weighted by Crippen LogP contribution is 2.25. The molecule has 0 N–H and O–H groups in total. The van der Waals surface area contributed by atoms with Gasteiger partial charge in [-0.3, -0.25) is 4.79 Å². The van der Waals surface area contributed by atoms with Crippen LogP contribution in [0.5, 0.6) is 0 Å². The summed E-state index contributed by atoms with van der Waals surface area (Å²) < 4.78 is 0. The van der Waals surface area contributed by atoms with Gasteiger partial charge in [0.15, 0.2) is 0 Å². The van der Waals surface area contributed by atoms with Crippen LogP contribution in [0.2, 0.25) is 0 Å². The van der Waals surface area contributed by atoms with Crippen molar-refractivity contribution in [2.45, 2.75) is 24.2 Å². The molecule has 1 aromatic rings. The molecule has 1 heterocycles. The molecule has 0 bridgehead atoms. The predicted molar refractivity (Wildman–Crippen MR) is 82.2 cm³/mol. The lowest BCUT2D eigenvalue weighted by atomic mass is 9.95. The fourth-order valence-corrected chi connectivity index (χ4v) is 3.53. The molecule has 0 aliphatic carbocycles. The molecule has 1 aliphatic rings. The van der Waals surface area contributed by atoms with Gasteiger partial charge in [-0.25, -0.2) is 0 Å². The van der Waals surface area contributed by atoms with Crippen molar-refractivity contribution in [1.82, 2.24) is 4.90 Å². The summed E-state index contributed by atoms with van der Waals surface area (Å²) >= 11 is 7.45. The van der Waals surface area contributed by atoms with Crippen molar-refractivity contribution in [2.75, 3.05) is 25.2 Å². The zero-order valence-corrected chi connectivity index (χ0v) is 12.8. The maximum Gasteiger partial charge on any atom is 0.254 e. The number of alkyl halides is 1. The van der Waals surface area contributed by atoms with Gasteiger partial charge in [0.1, 0.15) is 0 Å².